The van der Waals surface area contributed by atoms with Gasteiger partial charge in [0.2, 0.25) is 15.9 Å². The van der Waals surface area contributed by atoms with Crippen molar-refractivity contribution in [2.24, 2.45) is 0 Å². The lowest BCUT2D eigenvalue weighted by atomic mass is 10.3. The molecule has 2 aromatic rings. The molecule has 2 fully saturated rings. The first-order chi connectivity index (χ1) is 14.4. The molecule has 2 heterocycles. The van der Waals surface area contributed by atoms with Crippen LogP contribution in [0.5, 0.6) is 5.75 Å². The lowest BCUT2D eigenvalue weighted by Crippen LogP contribution is -2.28. The molecule has 0 bridgehead atoms. The molecule has 2 aliphatic rings. The van der Waals surface area contributed by atoms with Crippen LogP contribution in [0.2, 0.25) is 0 Å². The maximum atomic E-state index is 12.7. The van der Waals surface area contributed by atoms with Crippen LogP contribution in [0.25, 0.3) is 0 Å². The van der Waals surface area contributed by atoms with Crippen molar-refractivity contribution in [3.63, 3.8) is 0 Å². The SMILES string of the molecule is O=C1CN(Cc2ccc(CNS(=O)(=O)c3cccc(OC4CCCC4)c3)[nH]2)C(=O)N1. The minimum atomic E-state index is -3.71. The van der Waals surface area contributed by atoms with Gasteiger partial charge in [0.1, 0.15) is 12.3 Å². The van der Waals surface area contributed by atoms with Crippen LogP contribution in [-0.2, 0) is 27.9 Å². The summed E-state index contributed by atoms with van der Waals surface area (Å²) in [5, 5.41) is 2.22. The summed E-state index contributed by atoms with van der Waals surface area (Å²) in [7, 11) is -3.71. The summed E-state index contributed by atoms with van der Waals surface area (Å²) in [6.45, 7) is 0.325. The predicted molar refractivity (Wildman–Crippen MR) is 108 cm³/mol. The number of aromatic nitrogens is 1. The number of nitrogens with zero attached hydrogens (tertiary/aromatic N) is 1. The van der Waals surface area contributed by atoms with Gasteiger partial charge in [-0.2, -0.15) is 0 Å². The van der Waals surface area contributed by atoms with Gasteiger partial charge in [0.05, 0.1) is 24.1 Å². The first-order valence-corrected chi connectivity index (χ1v) is 11.4. The Morgan fingerprint density at radius 2 is 1.87 bits per heavy atom. The number of amides is 3. The third-order valence-corrected chi connectivity index (χ3v) is 6.61. The van der Waals surface area contributed by atoms with Gasteiger partial charge in [-0.05, 0) is 49.9 Å². The Hall–Kier alpha value is -2.85. The number of hydrogen-bond acceptors (Lipinski definition) is 5. The zero-order valence-corrected chi connectivity index (χ0v) is 17.2. The summed E-state index contributed by atoms with van der Waals surface area (Å²) in [6.07, 6.45) is 4.43. The molecular formula is C20H24N4O5S. The molecule has 1 aliphatic heterocycles. The minimum absolute atomic E-state index is 0.0130. The summed E-state index contributed by atoms with van der Waals surface area (Å²) in [4.78, 5) is 27.5. The summed E-state index contributed by atoms with van der Waals surface area (Å²) >= 11 is 0. The van der Waals surface area contributed by atoms with Crippen molar-refractivity contribution < 1.29 is 22.7 Å². The normalized spacial score (nSPS) is 17.5. The molecule has 1 saturated heterocycles. The van der Waals surface area contributed by atoms with E-state index in [9.17, 15) is 18.0 Å². The fourth-order valence-corrected chi connectivity index (χ4v) is 4.71. The zero-order chi connectivity index (χ0) is 21.1. The summed E-state index contributed by atoms with van der Waals surface area (Å²) in [5.41, 5.74) is 1.36. The zero-order valence-electron chi connectivity index (χ0n) is 16.4. The number of ether oxygens (including phenoxy) is 1. The average molecular weight is 433 g/mol. The number of benzene rings is 1. The number of aromatic amines is 1. The standard InChI is InChI=1S/C20H24N4O5S/c25-19-13-24(20(26)23-19)12-15-9-8-14(22-15)11-21-30(27,28)18-7-3-6-17(10-18)29-16-4-1-2-5-16/h3,6-10,16,21-22H,1-2,4-5,11-13H2,(H,23,25,26). The molecule has 4 rings (SSSR count). The van der Waals surface area contributed by atoms with Crippen LogP contribution >= 0.6 is 0 Å². The highest BCUT2D eigenvalue weighted by molar-refractivity contribution is 7.89. The van der Waals surface area contributed by atoms with Crippen molar-refractivity contribution >= 4 is 22.0 Å². The Balaban J connectivity index is 1.35. The molecule has 0 spiro atoms. The highest BCUT2D eigenvalue weighted by Gasteiger charge is 2.26. The third-order valence-electron chi connectivity index (χ3n) is 5.21. The molecular weight excluding hydrogens is 408 g/mol. The van der Waals surface area contributed by atoms with E-state index in [1.54, 1.807) is 30.3 Å². The lowest BCUT2D eigenvalue weighted by molar-refractivity contribution is -0.118. The molecule has 30 heavy (non-hydrogen) atoms. The predicted octanol–water partition coefficient (Wildman–Crippen LogP) is 1.87. The second-order valence-corrected chi connectivity index (χ2v) is 9.31. The van der Waals surface area contributed by atoms with Crippen LogP contribution in [0.3, 0.4) is 0 Å². The fraction of sp³-hybridized carbons (Fsp3) is 0.400. The molecule has 9 nitrogen and oxygen atoms in total. The van der Waals surface area contributed by atoms with E-state index in [0.717, 1.165) is 25.7 Å². The van der Waals surface area contributed by atoms with Gasteiger partial charge >= 0.3 is 6.03 Å². The van der Waals surface area contributed by atoms with Gasteiger partial charge in [-0.1, -0.05) is 6.07 Å². The molecule has 3 N–H and O–H groups in total. The monoisotopic (exact) mass is 432 g/mol. The molecule has 1 aromatic heterocycles. The molecule has 1 aromatic carbocycles. The second kappa shape index (κ2) is 8.49. The first kappa shape index (κ1) is 20.4. The number of urea groups is 1. The van der Waals surface area contributed by atoms with Crippen LogP contribution < -0.4 is 14.8 Å². The van der Waals surface area contributed by atoms with Gasteiger partial charge in [0.15, 0.2) is 0 Å². The van der Waals surface area contributed by atoms with E-state index >= 15 is 0 Å². The van der Waals surface area contributed by atoms with Gasteiger partial charge in [-0.3, -0.25) is 10.1 Å². The van der Waals surface area contributed by atoms with Crippen LogP contribution in [0, 0.1) is 0 Å². The molecule has 0 unspecified atom stereocenters. The summed E-state index contributed by atoms with van der Waals surface area (Å²) < 4.78 is 33.8. The number of nitrogens with one attached hydrogen (secondary N) is 3. The number of H-pyrrole nitrogens is 1. The average Bonchev–Trinajstić information content (AvgIpc) is 3.44. The molecule has 3 amide bonds. The number of rotatable bonds is 8. The van der Waals surface area contributed by atoms with E-state index in [1.807, 2.05) is 0 Å². The van der Waals surface area contributed by atoms with Crippen LogP contribution in [0.4, 0.5) is 4.79 Å². The van der Waals surface area contributed by atoms with Gasteiger partial charge in [0, 0.05) is 17.5 Å². The van der Waals surface area contributed by atoms with Crippen molar-refractivity contribution in [1.29, 1.82) is 0 Å². The largest absolute Gasteiger partial charge is 0.490 e. The first-order valence-electron chi connectivity index (χ1n) is 9.91. The van der Waals surface area contributed by atoms with Crippen molar-refractivity contribution in [3.05, 3.63) is 47.8 Å². The van der Waals surface area contributed by atoms with E-state index in [0.29, 0.717) is 17.1 Å². The summed E-state index contributed by atoms with van der Waals surface area (Å²) in [6, 6.07) is 9.60. The van der Waals surface area contributed by atoms with Crippen molar-refractivity contribution in [2.75, 3.05) is 6.54 Å². The molecule has 160 valence electrons. The lowest BCUT2D eigenvalue weighted by Gasteiger charge is -2.14. The second-order valence-electron chi connectivity index (χ2n) is 7.54. The van der Waals surface area contributed by atoms with Crippen LogP contribution in [0.15, 0.2) is 41.3 Å². The van der Waals surface area contributed by atoms with E-state index in [4.69, 9.17) is 4.74 Å². The third kappa shape index (κ3) is 4.82. The smallest absolute Gasteiger partial charge is 0.324 e. The number of imide groups is 1. The summed E-state index contributed by atoms with van der Waals surface area (Å²) in [5.74, 6) is 0.226. The van der Waals surface area contributed by atoms with Gasteiger partial charge in [-0.15, -0.1) is 0 Å². The maximum Gasteiger partial charge on any atom is 0.324 e. The van der Waals surface area contributed by atoms with Gasteiger partial charge < -0.3 is 14.6 Å². The Morgan fingerprint density at radius 1 is 1.10 bits per heavy atom. The molecule has 1 aliphatic carbocycles. The highest BCUT2D eigenvalue weighted by Crippen LogP contribution is 2.25. The van der Waals surface area contributed by atoms with Crippen LogP contribution in [-0.4, -0.2) is 42.9 Å². The molecule has 10 heteroatoms. The minimum Gasteiger partial charge on any atom is -0.490 e. The van der Waals surface area contributed by atoms with Crippen molar-refractivity contribution in [1.82, 2.24) is 19.9 Å². The van der Waals surface area contributed by atoms with Crippen molar-refractivity contribution in [2.45, 2.75) is 49.8 Å². The number of hydrogen-bond donors (Lipinski definition) is 3. The quantitative estimate of drug-likeness (QED) is 0.550. The Bertz CT molecular complexity index is 1040. The van der Waals surface area contributed by atoms with Gasteiger partial charge in [0.25, 0.3) is 0 Å². The van der Waals surface area contributed by atoms with E-state index in [2.05, 4.69) is 15.0 Å². The number of carbonyl (C=O) groups is 2. The topological polar surface area (TPSA) is 121 Å². The molecule has 1 saturated carbocycles. The number of sulfonamides is 1. The Kier molecular flexibility index (Phi) is 5.78. The maximum absolute atomic E-state index is 12.7. The van der Waals surface area contributed by atoms with Crippen LogP contribution in [0.1, 0.15) is 37.1 Å². The van der Waals surface area contributed by atoms with E-state index in [1.165, 1.54) is 11.0 Å². The molecule has 0 radical (unpaired) electrons. The van der Waals surface area contributed by atoms with E-state index < -0.39 is 16.1 Å². The fourth-order valence-electron chi connectivity index (χ4n) is 3.67. The Labute approximate surface area is 174 Å². The number of carbonyl (C=O) groups excluding carboxylic acids is 2. The van der Waals surface area contributed by atoms with E-state index in [-0.39, 0.29) is 36.5 Å². The van der Waals surface area contributed by atoms with Crippen molar-refractivity contribution in [3.8, 4) is 5.75 Å². The Morgan fingerprint density at radius 3 is 2.60 bits per heavy atom. The molecule has 0 atom stereocenters. The van der Waals surface area contributed by atoms with Gasteiger partial charge in [-0.25, -0.2) is 17.9 Å². The highest BCUT2D eigenvalue weighted by atomic mass is 32.2.